The third kappa shape index (κ3) is 7.18. The molecule has 0 unspecified atom stereocenters. The zero-order valence-electron chi connectivity index (χ0n) is 8.81. The van der Waals surface area contributed by atoms with E-state index in [1.165, 1.54) is 4.90 Å². The fraction of sp³-hybridized carbons (Fsp3) is 0.889. The van der Waals surface area contributed by atoms with E-state index in [1.54, 1.807) is 0 Å². The molecule has 6 heteroatoms. The highest BCUT2D eigenvalue weighted by molar-refractivity contribution is 5.76. The molecule has 0 aromatic carbocycles. The highest BCUT2D eigenvalue weighted by Gasteiger charge is 2.28. The van der Waals surface area contributed by atoms with E-state index >= 15 is 0 Å². The summed E-state index contributed by atoms with van der Waals surface area (Å²) in [6, 6.07) is 0. The van der Waals surface area contributed by atoms with Crippen LogP contribution in [0.4, 0.5) is 13.2 Å². The van der Waals surface area contributed by atoms with Crippen LogP contribution in [0.5, 0.6) is 0 Å². The van der Waals surface area contributed by atoms with E-state index < -0.39 is 24.9 Å². The Bertz CT molecular complexity index is 188. The second-order valence-electron chi connectivity index (χ2n) is 3.28. The van der Waals surface area contributed by atoms with E-state index in [0.29, 0.717) is 13.1 Å². The van der Waals surface area contributed by atoms with Crippen molar-refractivity contribution in [2.75, 3.05) is 19.6 Å². The van der Waals surface area contributed by atoms with Gasteiger partial charge in [0.1, 0.15) is 0 Å². The average molecular weight is 226 g/mol. The van der Waals surface area contributed by atoms with Gasteiger partial charge in [-0.1, -0.05) is 6.92 Å². The first-order valence-electron chi connectivity index (χ1n) is 4.95. The van der Waals surface area contributed by atoms with Crippen molar-refractivity contribution < 1.29 is 18.0 Å². The first-order chi connectivity index (χ1) is 6.90. The lowest BCUT2D eigenvalue weighted by atomic mass is 10.2. The summed E-state index contributed by atoms with van der Waals surface area (Å²) in [5.41, 5.74) is 5.26. The molecule has 0 aliphatic heterocycles. The van der Waals surface area contributed by atoms with Gasteiger partial charge in [0.25, 0.3) is 0 Å². The summed E-state index contributed by atoms with van der Waals surface area (Å²) in [5.74, 6) is -0.473. The predicted octanol–water partition coefficient (Wildman–Crippen LogP) is 1.53. The number of amides is 1. The Kier molecular flexibility index (Phi) is 6.31. The van der Waals surface area contributed by atoms with Gasteiger partial charge in [-0.15, -0.1) is 0 Å². The first-order valence-corrected chi connectivity index (χ1v) is 4.95. The Morgan fingerprint density at radius 2 is 1.93 bits per heavy atom. The topological polar surface area (TPSA) is 46.3 Å². The molecule has 0 aliphatic rings. The molecular formula is C9H17F3N2O. The number of nitrogens with zero attached hydrogens (tertiary/aromatic N) is 1. The van der Waals surface area contributed by atoms with Crippen LogP contribution in [0.15, 0.2) is 0 Å². The maximum atomic E-state index is 11.9. The van der Waals surface area contributed by atoms with Gasteiger partial charge in [0.2, 0.25) is 5.91 Å². The molecule has 0 aromatic heterocycles. The normalized spacial score (nSPS) is 11.5. The molecule has 3 nitrogen and oxygen atoms in total. The van der Waals surface area contributed by atoms with Gasteiger partial charge in [-0.05, 0) is 6.42 Å². The van der Waals surface area contributed by atoms with Crippen LogP contribution in [0.3, 0.4) is 0 Å². The van der Waals surface area contributed by atoms with Crippen molar-refractivity contribution in [3.8, 4) is 0 Å². The van der Waals surface area contributed by atoms with Gasteiger partial charge in [0.05, 0.1) is 6.42 Å². The Hall–Kier alpha value is -0.780. The Morgan fingerprint density at radius 3 is 2.33 bits per heavy atom. The summed E-state index contributed by atoms with van der Waals surface area (Å²) < 4.78 is 35.6. The number of carbonyl (C=O) groups is 1. The summed E-state index contributed by atoms with van der Waals surface area (Å²) in [5, 5.41) is 0. The molecule has 2 N–H and O–H groups in total. The summed E-state index contributed by atoms with van der Waals surface area (Å²) in [4.78, 5) is 12.7. The molecule has 0 aromatic rings. The first kappa shape index (κ1) is 14.2. The van der Waals surface area contributed by atoms with Crippen LogP contribution < -0.4 is 5.73 Å². The number of alkyl halides is 3. The van der Waals surface area contributed by atoms with Crippen molar-refractivity contribution >= 4 is 5.91 Å². The summed E-state index contributed by atoms with van der Waals surface area (Å²) in [7, 11) is 0. The van der Waals surface area contributed by atoms with E-state index in [2.05, 4.69) is 0 Å². The molecule has 0 bridgehead atoms. The van der Waals surface area contributed by atoms with Crippen molar-refractivity contribution in [1.82, 2.24) is 4.90 Å². The number of carbonyl (C=O) groups excluding carboxylic acids is 1. The predicted molar refractivity (Wildman–Crippen MR) is 51.2 cm³/mol. The molecule has 15 heavy (non-hydrogen) atoms. The number of hydrogen-bond acceptors (Lipinski definition) is 2. The Balaban J connectivity index is 4.02. The summed E-state index contributed by atoms with van der Waals surface area (Å²) in [6.07, 6.45) is -5.09. The van der Waals surface area contributed by atoms with Gasteiger partial charge in [0.15, 0.2) is 0 Å². The number of halogens is 3. The van der Waals surface area contributed by atoms with Gasteiger partial charge in [-0.25, -0.2) is 0 Å². The quantitative estimate of drug-likeness (QED) is 0.746. The van der Waals surface area contributed by atoms with Crippen LogP contribution in [-0.4, -0.2) is 36.6 Å². The number of nitrogens with two attached hydrogens (primary N) is 1. The summed E-state index contributed by atoms with van der Waals surface area (Å²) >= 11 is 0. The molecule has 0 aliphatic carbocycles. The second-order valence-corrected chi connectivity index (χ2v) is 3.28. The molecule has 0 fully saturated rings. The minimum Gasteiger partial charge on any atom is -0.341 e. The van der Waals surface area contributed by atoms with Gasteiger partial charge >= 0.3 is 6.18 Å². The van der Waals surface area contributed by atoms with Crippen molar-refractivity contribution in [1.29, 1.82) is 0 Å². The minimum atomic E-state index is -4.27. The van der Waals surface area contributed by atoms with Crippen molar-refractivity contribution in [3.05, 3.63) is 0 Å². The fourth-order valence-corrected chi connectivity index (χ4v) is 1.19. The van der Waals surface area contributed by atoms with Gasteiger partial charge < -0.3 is 10.6 Å². The lowest BCUT2D eigenvalue weighted by Crippen LogP contribution is -2.36. The number of rotatable bonds is 6. The molecule has 0 saturated heterocycles. The van der Waals surface area contributed by atoms with Crippen LogP contribution >= 0.6 is 0 Å². The molecule has 0 radical (unpaired) electrons. The lowest BCUT2D eigenvalue weighted by molar-refractivity contribution is -0.149. The van der Waals surface area contributed by atoms with Crippen LogP contribution in [0.25, 0.3) is 0 Å². The standard InChI is InChI=1S/C9H17F3N2O/c1-2-6-14(7-5-13)8(15)3-4-9(10,11)12/h2-7,13H2,1H3. The van der Waals surface area contributed by atoms with Gasteiger partial charge in [-0.3, -0.25) is 4.79 Å². The van der Waals surface area contributed by atoms with E-state index in [9.17, 15) is 18.0 Å². The molecule has 1 amide bonds. The second kappa shape index (κ2) is 6.66. The van der Waals surface area contributed by atoms with Crippen LogP contribution in [0.1, 0.15) is 26.2 Å². The maximum absolute atomic E-state index is 11.9. The van der Waals surface area contributed by atoms with Gasteiger partial charge in [-0.2, -0.15) is 13.2 Å². The maximum Gasteiger partial charge on any atom is 0.389 e. The van der Waals surface area contributed by atoms with Crippen LogP contribution in [0.2, 0.25) is 0 Å². The van der Waals surface area contributed by atoms with E-state index in [-0.39, 0.29) is 6.54 Å². The third-order valence-electron chi connectivity index (χ3n) is 1.87. The fourth-order valence-electron chi connectivity index (χ4n) is 1.19. The SMILES string of the molecule is CCCN(CCN)C(=O)CCC(F)(F)F. The smallest absolute Gasteiger partial charge is 0.341 e. The molecule has 0 rings (SSSR count). The zero-order chi connectivity index (χ0) is 11.9. The highest BCUT2D eigenvalue weighted by Crippen LogP contribution is 2.21. The molecule has 0 saturated carbocycles. The molecule has 90 valence electrons. The molecular weight excluding hydrogens is 209 g/mol. The monoisotopic (exact) mass is 226 g/mol. The minimum absolute atomic E-state index is 0.276. The molecule has 0 heterocycles. The van der Waals surface area contributed by atoms with Crippen LogP contribution in [-0.2, 0) is 4.79 Å². The third-order valence-corrected chi connectivity index (χ3v) is 1.87. The van der Waals surface area contributed by atoms with Crippen molar-refractivity contribution in [2.24, 2.45) is 5.73 Å². The summed E-state index contributed by atoms with van der Waals surface area (Å²) in [6.45, 7) is 2.93. The Labute approximate surface area is 87.4 Å². The lowest BCUT2D eigenvalue weighted by Gasteiger charge is -2.21. The Morgan fingerprint density at radius 1 is 1.33 bits per heavy atom. The van der Waals surface area contributed by atoms with Crippen LogP contribution in [0, 0.1) is 0 Å². The van der Waals surface area contributed by atoms with E-state index in [1.807, 2.05) is 6.92 Å². The molecule has 0 atom stereocenters. The highest BCUT2D eigenvalue weighted by atomic mass is 19.4. The molecule has 0 spiro atoms. The van der Waals surface area contributed by atoms with E-state index in [0.717, 1.165) is 6.42 Å². The van der Waals surface area contributed by atoms with Crippen molar-refractivity contribution in [2.45, 2.75) is 32.4 Å². The zero-order valence-corrected chi connectivity index (χ0v) is 8.81. The van der Waals surface area contributed by atoms with Gasteiger partial charge in [0, 0.05) is 26.1 Å². The largest absolute Gasteiger partial charge is 0.389 e. The van der Waals surface area contributed by atoms with Crippen molar-refractivity contribution in [3.63, 3.8) is 0 Å². The average Bonchev–Trinajstić information content (AvgIpc) is 2.13. The van der Waals surface area contributed by atoms with E-state index in [4.69, 9.17) is 5.73 Å². The number of hydrogen-bond donors (Lipinski definition) is 1.